The molecule has 0 aliphatic carbocycles. The lowest BCUT2D eigenvalue weighted by atomic mass is 10.00. The number of fused-ring (bicyclic) bond motifs is 1. The second-order valence-corrected chi connectivity index (χ2v) is 4.78. The number of hydrogen-bond donors (Lipinski definition) is 1. The lowest BCUT2D eigenvalue weighted by Gasteiger charge is -2.15. The Labute approximate surface area is 117 Å². The van der Waals surface area contributed by atoms with E-state index in [9.17, 15) is 0 Å². The van der Waals surface area contributed by atoms with Gasteiger partial charge < -0.3 is 5.73 Å². The summed E-state index contributed by atoms with van der Waals surface area (Å²) in [5.74, 6) is 0. The SMILES string of the molecule is CCCn1nncc1C(N)c1cccc2ncccc12. The molecule has 1 aromatic carbocycles. The Kier molecular flexibility index (Phi) is 3.43. The highest BCUT2D eigenvalue weighted by Gasteiger charge is 2.17. The smallest absolute Gasteiger partial charge is 0.0800 e. The van der Waals surface area contributed by atoms with Gasteiger partial charge in [-0.25, -0.2) is 4.68 Å². The molecular weight excluding hydrogens is 250 g/mol. The monoisotopic (exact) mass is 267 g/mol. The van der Waals surface area contributed by atoms with Gasteiger partial charge >= 0.3 is 0 Å². The maximum atomic E-state index is 6.43. The Bertz CT molecular complexity index is 714. The summed E-state index contributed by atoms with van der Waals surface area (Å²) in [6.07, 6.45) is 4.54. The topological polar surface area (TPSA) is 69.6 Å². The largest absolute Gasteiger partial charge is 0.319 e. The van der Waals surface area contributed by atoms with Gasteiger partial charge in [-0.05, 0) is 24.1 Å². The first-order chi connectivity index (χ1) is 9.81. The second kappa shape index (κ2) is 5.38. The number of pyridine rings is 1. The molecule has 20 heavy (non-hydrogen) atoms. The number of nitrogens with zero attached hydrogens (tertiary/aromatic N) is 4. The first-order valence-corrected chi connectivity index (χ1v) is 6.79. The van der Waals surface area contributed by atoms with Crippen molar-refractivity contribution >= 4 is 10.9 Å². The maximum Gasteiger partial charge on any atom is 0.0800 e. The quantitative estimate of drug-likeness (QED) is 0.787. The van der Waals surface area contributed by atoms with Crippen LogP contribution in [0.15, 0.2) is 42.7 Å². The van der Waals surface area contributed by atoms with Crippen molar-refractivity contribution < 1.29 is 0 Å². The van der Waals surface area contributed by atoms with Crippen LogP contribution >= 0.6 is 0 Å². The molecule has 1 unspecified atom stereocenters. The summed E-state index contributed by atoms with van der Waals surface area (Å²) in [5, 5.41) is 9.16. The molecule has 3 aromatic rings. The molecule has 0 amide bonds. The Balaban J connectivity index is 2.08. The Hall–Kier alpha value is -2.27. The zero-order chi connectivity index (χ0) is 13.9. The van der Waals surface area contributed by atoms with Gasteiger partial charge in [0.1, 0.15) is 0 Å². The molecule has 0 bridgehead atoms. The standard InChI is InChI=1S/C15H17N5/c1-2-9-20-14(10-18-19-20)15(16)12-5-3-7-13-11(12)6-4-8-17-13/h3-8,10,15H,2,9,16H2,1H3. The van der Waals surface area contributed by atoms with Crippen molar-refractivity contribution in [3.8, 4) is 0 Å². The van der Waals surface area contributed by atoms with Crippen molar-refractivity contribution in [2.75, 3.05) is 0 Å². The number of benzene rings is 1. The van der Waals surface area contributed by atoms with E-state index in [1.54, 1.807) is 12.4 Å². The Morgan fingerprint density at radius 1 is 1.25 bits per heavy atom. The molecule has 0 fully saturated rings. The molecule has 0 spiro atoms. The molecule has 102 valence electrons. The van der Waals surface area contributed by atoms with E-state index in [0.29, 0.717) is 0 Å². The normalized spacial score (nSPS) is 12.7. The maximum absolute atomic E-state index is 6.43. The highest BCUT2D eigenvalue weighted by atomic mass is 15.4. The molecule has 0 saturated carbocycles. The van der Waals surface area contributed by atoms with E-state index in [2.05, 4.69) is 22.2 Å². The molecule has 2 N–H and O–H groups in total. The van der Waals surface area contributed by atoms with Gasteiger partial charge in [-0.2, -0.15) is 0 Å². The van der Waals surface area contributed by atoms with Crippen LogP contribution in [-0.2, 0) is 6.54 Å². The number of hydrogen-bond acceptors (Lipinski definition) is 4. The lowest BCUT2D eigenvalue weighted by molar-refractivity contribution is 0.544. The van der Waals surface area contributed by atoms with Crippen molar-refractivity contribution in [1.29, 1.82) is 0 Å². The van der Waals surface area contributed by atoms with Crippen molar-refractivity contribution in [1.82, 2.24) is 20.0 Å². The average Bonchev–Trinajstić information content (AvgIpc) is 2.94. The third-order valence-electron chi connectivity index (χ3n) is 3.42. The number of aromatic nitrogens is 4. The van der Waals surface area contributed by atoms with Gasteiger partial charge in [0.15, 0.2) is 0 Å². The molecule has 5 nitrogen and oxygen atoms in total. The predicted octanol–water partition coefficient (Wildman–Crippen LogP) is 2.28. The summed E-state index contributed by atoms with van der Waals surface area (Å²) >= 11 is 0. The van der Waals surface area contributed by atoms with Crippen molar-refractivity contribution in [3.63, 3.8) is 0 Å². The van der Waals surface area contributed by atoms with Gasteiger partial charge in [0.05, 0.1) is 23.4 Å². The fraction of sp³-hybridized carbons (Fsp3) is 0.267. The van der Waals surface area contributed by atoms with Gasteiger partial charge in [-0.3, -0.25) is 4.98 Å². The molecule has 0 saturated heterocycles. The third kappa shape index (κ3) is 2.16. The lowest BCUT2D eigenvalue weighted by Crippen LogP contribution is -2.18. The van der Waals surface area contributed by atoms with Crippen LogP contribution in [0.5, 0.6) is 0 Å². The molecule has 2 heterocycles. The second-order valence-electron chi connectivity index (χ2n) is 4.78. The van der Waals surface area contributed by atoms with Gasteiger partial charge in [0, 0.05) is 18.1 Å². The minimum atomic E-state index is -0.246. The zero-order valence-electron chi connectivity index (χ0n) is 11.4. The molecule has 3 rings (SSSR count). The van der Waals surface area contributed by atoms with Crippen molar-refractivity contribution in [2.45, 2.75) is 25.9 Å². The van der Waals surface area contributed by atoms with E-state index in [4.69, 9.17) is 5.73 Å². The summed E-state index contributed by atoms with van der Waals surface area (Å²) < 4.78 is 1.87. The molecule has 0 aliphatic heterocycles. The minimum absolute atomic E-state index is 0.246. The van der Waals surface area contributed by atoms with E-state index < -0.39 is 0 Å². The van der Waals surface area contributed by atoms with Crippen LogP contribution in [0.25, 0.3) is 10.9 Å². The summed E-state index contributed by atoms with van der Waals surface area (Å²) in [7, 11) is 0. The first-order valence-electron chi connectivity index (χ1n) is 6.79. The summed E-state index contributed by atoms with van der Waals surface area (Å²) in [4.78, 5) is 4.37. The van der Waals surface area contributed by atoms with E-state index in [0.717, 1.165) is 35.1 Å². The number of rotatable bonds is 4. The third-order valence-corrected chi connectivity index (χ3v) is 3.42. The van der Waals surface area contributed by atoms with E-state index in [-0.39, 0.29) is 6.04 Å². The van der Waals surface area contributed by atoms with Gasteiger partial charge in [0.25, 0.3) is 0 Å². The van der Waals surface area contributed by atoms with Gasteiger partial charge in [-0.15, -0.1) is 5.10 Å². The number of aryl methyl sites for hydroxylation is 1. The fourth-order valence-electron chi connectivity index (χ4n) is 2.45. The van der Waals surface area contributed by atoms with E-state index in [1.807, 2.05) is 35.0 Å². The summed E-state index contributed by atoms with van der Waals surface area (Å²) in [5.41, 5.74) is 9.37. The fourth-order valence-corrected chi connectivity index (χ4v) is 2.45. The van der Waals surface area contributed by atoms with Crippen molar-refractivity contribution in [3.05, 3.63) is 54.0 Å². The van der Waals surface area contributed by atoms with Crippen LogP contribution in [0.3, 0.4) is 0 Å². The molecule has 5 heteroatoms. The van der Waals surface area contributed by atoms with Crippen molar-refractivity contribution in [2.24, 2.45) is 5.73 Å². The van der Waals surface area contributed by atoms with Crippen LogP contribution in [0, 0.1) is 0 Å². The average molecular weight is 267 g/mol. The van der Waals surface area contributed by atoms with Crippen LogP contribution in [-0.4, -0.2) is 20.0 Å². The summed E-state index contributed by atoms with van der Waals surface area (Å²) in [6.45, 7) is 2.94. The summed E-state index contributed by atoms with van der Waals surface area (Å²) in [6, 6.07) is 9.75. The highest BCUT2D eigenvalue weighted by molar-refractivity contribution is 5.82. The minimum Gasteiger partial charge on any atom is -0.319 e. The predicted molar refractivity (Wildman–Crippen MR) is 78.1 cm³/mol. The molecule has 2 aromatic heterocycles. The van der Waals surface area contributed by atoms with Crippen LogP contribution in [0.2, 0.25) is 0 Å². The van der Waals surface area contributed by atoms with Crippen LogP contribution in [0.1, 0.15) is 30.6 Å². The van der Waals surface area contributed by atoms with E-state index in [1.165, 1.54) is 0 Å². The highest BCUT2D eigenvalue weighted by Crippen LogP contribution is 2.25. The molecule has 1 atom stereocenters. The van der Waals surface area contributed by atoms with Crippen LogP contribution in [0.4, 0.5) is 0 Å². The molecular formula is C15H17N5. The Morgan fingerprint density at radius 3 is 3.00 bits per heavy atom. The zero-order valence-corrected chi connectivity index (χ0v) is 11.4. The van der Waals surface area contributed by atoms with E-state index >= 15 is 0 Å². The number of nitrogens with two attached hydrogens (primary N) is 1. The van der Waals surface area contributed by atoms with Crippen LogP contribution < -0.4 is 5.73 Å². The molecule has 0 aliphatic rings. The first kappa shape index (κ1) is 12.7. The van der Waals surface area contributed by atoms with Gasteiger partial charge in [-0.1, -0.05) is 30.3 Å². The Morgan fingerprint density at radius 2 is 2.15 bits per heavy atom. The molecule has 0 radical (unpaired) electrons. The van der Waals surface area contributed by atoms with Gasteiger partial charge in [0.2, 0.25) is 0 Å².